The Bertz CT molecular complexity index is 1230. The Morgan fingerprint density at radius 3 is 2.72 bits per heavy atom. The van der Waals surface area contributed by atoms with Gasteiger partial charge in [0.1, 0.15) is 11.3 Å². The molecular weight excluding hydrogens is 406 g/mol. The number of nitrogens with zero attached hydrogens (tertiary/aromatic N) is 1. The summed E-state index contributed by atoms with van der Waals surface area (Å²) >= 11 is 3.18. The summed E-state index contributed by atoms with van der Waals surface area (Å²) in [5.41, 5.74) is 2.65. The smallest absolute Gasteiger partial charge is 0.261 e. The number of furan rings is 1. The number of carbonyl (C=O) groups excluding carboxylic acids is 1. The molecule has 0 spiro atoms. The molecule has 0 aliphatic rings. The molecule has 0 unspecified atom stereocenters. The van der Waals surface area contributed by atoms with Gasteiger partial charge in [-0.2, -0.15) is 0 Å². The Labute approximate surface area is 175 Å². The van der Waals surface area contributed by atoms with Crippen LogP contribution in [-0.2, 0) is 0 Å². The number of aromatic nitrogens is 2. The van der Waals surface area contributed by atoms with Crippen molar-refractivity contribution in [1.29, 1.82) is 0 Å². The second-order valence-electron chi connectivity index (χ2n) is 6.38. The van der Waals surface area contributed by atoms with E-state index in [1.807, 2.05) is 37.4 Å². The number of thiazole rings is 1. The Morgan fingerprint density at radius 1 is 1.21 bits per heavy atom. The highest BCUT2D eigenvalue weighted by Crippen LogP contribution is 2.32. The van der Waals surface area contributed by atoms with Gasteiger partial charge >= 0.3 is 0 Å². The highest BCUT2D eigenvalue weighted by Gasteiger charge is 2.14. The number of anilines is 1. The Kier molecular flexibility index (Phi) is 5.37. The first kappa shape index (κ1) is 19.2. The third kappa shape index (κ3) is 4.33. The number of hydrogen-bond donors (Lipinski definition) is 2. The van der Waals surface area contributed by atoms with E-state index in [9.17, 15) is 9.59 Å². The third-order valence-corrected chi connectivity index (χ3v) is 6.24. The fraction of sp³-hybridized carbons (Fsp3) is 0.0952. The first-order valence-electron chi connectivity index (χ1n) is 8.79. The number of carbonyl (C=O) groups is 1. The van der Waals surface area contributed by atoms with Gasteiger partial charge in [-0.05, 0) is 61.9 Å². The van der Waals surface area contributed by atoms with Crippen LogP contribution in [0.2, 0.25) is 0 Å². The number of benzene rings is 1. The second kappa shape index (κ2) is 8.10. The molecule has 3 heterocycles. The van der Waals surface area contributed by atoms with E-state index < -0.39 is 11.5 Å². The average Bonchev–Trinajstić information content (AvgIpc) is 3.36. The number of hydrogen-bond acceptors (Lipinski definition) is 6. The molecule has 0 saturated carbocycles. The highest BCUT2D eigenvalue weighted by molar-refractivity contribution is 8.01. The summed E-state index contributed by atoms with van der Waals surface area (Å²) in [7, 11) is 0. The molecule has 8 heteroatoms. The zero-order valence-corrected chi connectivity index (χ0v) is 17.3. The van der Waals surface area contributed by atoms with Gasteiger partial charge in [-0.15, -0.1) is 11.3 Å². The second-order valence-corrected chi connectivity index (χ2v) is 8.56. The van der Waals surface area contributed by atoms with Crippen molar-refractivity contribution in [3.05, 3.63) is 81.3 Å². The normalized spacial score (nSPS) is 10.8. The van der Waals surface area contributed by atoms with Gasteiger partial charge in [-0.25, -0.2) is 4.98 Å². The minimum atomic E-state index is -0.472. The van der Waals surface area contributed by atoms with Gasteiger partial charge in [0.05, 0.1) is 12.0 Å². The number of amides is 1. The van der Waals surface area contributed by atoms with Gasteiger partial charge in [-0.3, -0.25) is 9.59 Å². The number of rotatable bonds is 5. The van der Waals surface area contributed by atoms with Crippen LogP contribution in [0.15, 0.2) is 72.6 Å². The standard InChI is InChI=1S/C21H17N3O3S2/c1-12-10-14(29-21-22-13(2)11-28-21)5-7-16(12)23-19(25)15-6-8-17(24-20(15)26)18-4-3-9-27-18/h3-11H,1-2H3,(H,23,25)(H,24,26). The largest absolute Gasteiger partial charge is 0.463 e. The van der Waals surface area contributed by atoms with Gasteiger partial charge < -0.3 is 14.7 Å². The van der Waals surface area contributed by atoms with Gasteiger partial charge in [0.15, 0.2) is 4.34 Å². The third-order valence-electron chi connectivity index (χ3n) is 4.19. The van der Waals surface area contributed by atoms with Crippen molar-refractivity contribution < 1.29 is 9.21 Å². The Morgan fingerprint density at radius 2 is 2.07 bits per heavy atom. The molecule has 0 aliphatic carbocycles. The molecule has 0 bridgehead atoms. The minimum absolute atomic E-state index is 0.0384. The molecule has 6 nitrogen and oxygen atoms in total. The van der Waals surface area contributed by atoms with Crippen LogP contribution in [0.1, 0.15) is 21.6 Å². The Balaban J connectivity index is 1.50. The van der Waals surface area contributed by atoms with Crippen LogP contribution in [0.5, 0.6) is 0 Å². The zero-order valence-electron chi connectivity index (χ0n) is 15.7. The minimum Gasteiger partial charge on any atom is -0.463 e. The number of aryl methyl sites for hydroxylation is 2. The monoisotopic (exact) mass is 423 g/mol. The number of H-pyrrole nitrogens is 1. The lowest BCUT2D eigenvalue weighted by Crippen LogP contribution is -2.23. The quantitative estimate of drug-likeness (QED) is 0.466. The van der Waals surface area contributed by atoms with E-state index in [1.165, 1.54) is 12.3 Å². The maximum absolute atomic E-state index is 12.6. The molecule has 0 atom stereocenters. The van der Waals surface area contributed by atoms with Crippen molar-refractivity contribution in [3.63, 3.8) is 0 Å². The number of aromatic amines is 1. The molecule has 0 saturated heterocycles. The van der Waals surface area contributed by atoms with Crippen molar-refractivity contribution in [1.82, 2.24) is 9.97 Å². The van der Waals surface area contributed by atoms with E-state index in [-0.39, 0.29) is 5.56 Å². The van der Waals surface area contributed by atoms with Crippen LogP contribution >= 0.6 is 23.1 Å². The molecule has 0 radical (unpaired) electrons. The lowest BCUT2D eigenvalue weighted by Gasteiger charge is -2.10. The topological polar surface area (TPSA) is 88.0 Å². The molecule has 29 heavy (non-hydrogen) atoms. The van der Waals surface area contributed by atoms with Crippen LogP contribution in [0, 0.1) is 13.8 Å². The van der Waals surface area contributed by atoms with Gasteiger partial charge in [0.2, 0.25) is 0 Å². The van der Waals surface area contributed by atoms with Crippen LogP contribution in [-0.4, -0.2) is 15.9 Å². The molecule has 146 valence electrons. The highest BCUT2D eigenvalue weighted by atomic mass is 32.2. The summed E-state index contributed by atoms with van der Waals surface area (Å²) in [6, 6.07) is 12.4. The van der Waals surface area contributed by atoms with Crippen LogP contribution in [0.3, 0.4) is 0 Å². The molecular formula is C21H17N3O3S2. The van der Waals surface area contributed by atoms with Crippen LogP contribution in [0.4, 0.5) is 5.69 Å². The lowest BCUT2D eigenvalue weighted by molar-refractivity contribution is 0.102. The van der Waals surface area contributed by atoms with Crippen LogP contribution in [0.25, 0.3) is 11.5 Å². The molecule has 3 aromatic heterocycles. The van der Waals surface area contributed by atoms with E-state index in [4.69, 9.17) is 4.42 Å². The van der Waals surface area contributed by atoms with Crippen molar-refractivity contribution in [2.45, 2.75) is 23.1 Å². The average molecular weight is 424 g/mol. The molecule has 4 aromatic rings. The molecule has 1 amide bonds. The first-order valence-corrected chi connectivity index (χ1v) is 10.5. The van der Waals surface area contributed by atoms with E-state index >= 15 is 0 Å². The Hall–Kier alpha value is -3.10. The SMILES string of the molecule is Cc1csc(Sc2ccc(NC(=O)c3ccc(-c4ccco4)[nH]c3=O)c(C)c2)n1. The summed E-state index contributed by atoms with van der Waals surface area (Å²) in [5.74, 6) is 0.0738. The van der Waals surface area contributed by atoms with Gasteiger partial charge in [0, 0.05) is 21.7 Å². The van der Waals surface area contributed by atoms with Gasteiger partial charge in [0.25, 0.3) is 11.5 Å². The molecule has 4 rings (SSSR count). The van der Waals surface area contributed by atoms with E-state index in [1.54, 1.807) is 41.3 Å². The van der Waals surface area contributed by atoms with E-state index in [0.29, 0.717) is 17.1 Å². The maximum Gasteiger partial charge on any atom is 0.261 e. The van der Waals surface area contributed by atoms with Crippen molar-refractivity contribution in [2.75, 3.05) is 5.32 Å². The van der Waals surface area contributed by atoms with E-state index in [0.717, 1.165) is 20.5 Å². The molecule has 0 fully saturated rings. The van der Waals surface area contributed by atoms with Gasteiger partial charge in [-0.1, -0.05) is 11.8 Å². The number of nitrogens with one attached hydrogen (secondary N) is 2. The fourth-order valence-corrected chi connectivity index (χ4v) is 4.65. The number of pyridine rings is 1. The molecule has 0 aliphatic heterocycles. The summed E-state index contributed by atoms with van der Waals surface area (Å²) in [5, 5.41) is 4.82. The molecule has 2 N–H and O–H groups in total. The lowest BCUT2D eigenvalue weighted by atomic mass is 10.1. The van der Waals surface area contributed by atoms with Crippen LogP contribution < -0.4 is 10.9 Å². The summed E-state index contributed by atoms with van der Waals surface area (Å²) < 4.78 is 6.24. The summed E-state index contributed by atoms with van der Waals surface area (Å²) in [4.78, 5) is 33.1. The van der Waals surface area contributed by atoms with Crippen molar-refractivity contribution in [2.24, 2.45) is 0 Å². The maximum atomic E-state index is 12.6. The fourth-order valence-electron chi connectivity index (χ4n) is 2.74. The zero-order chi connectivity index (χ0) is 20.4. The van der Waals surface area contributed by atoms with Crippen molar-refractivity contribution >= 4 is 34.7 Å². The molecule has 1 aromatic carbocycles. The summed E-state index contributed by atoms with van der Waals surface area (Å²) in [6.07, 6.45) is 1.52. The van der Waals surface area contributed by atoms with Crippen molar-refractivity contribution in [3.8, 4) is 11.5 Å². The predicted octanol–water partition coefficient (Wildman–Crippen LogP) is 5.11. The van der Waals surface area contributed by atoms with E-state index in [2.05, 4.69) is 15.3 Å². The summed E-state index contributed by atoms with van der Waals surface area (Å²) in [6.45, 7) is 3.88. The predicted molar refractivity (Wildman–Crippen MR) is 115 cm³/mol. The first-order chi connectivity index (χ1) is 14.0.